The monoisotopic (exact) mass is 542 g/mol. The van der Waals surface area contributed by atoms with Crippen molar-refractivity contribution in [2.75, 3.05) is 7.11 Å². The van der Waals surface area contributed by atoms with Crippen LogP contribution in [0.4, 0.5) is 4.79 Å². The highest BCUT2D eigenvalue weighted by atomic mass is 16.5. The van der Waals surface area contributed by atoms with E-state index in [1.807, 2.05) is 30.3 Å². The van der Waals surface area contributed by atoms with Crippen molar-refractivity contribution in [3.63, 3.8) is 0 Å². The number of hydrogen-bond acceptors (Lipinski definition) is 5. The highest BCUT2D eigenvalue weighted by Gasteiger charge is 2.17. The number of carbonyl (C=O) groups excluding carboxylic acids is 2. The third kappa shape index (κ3) is 8.46. The molecule has 0 heterocycles. The number of ether oxygens (including phenoxy) is 2. The van der Waals surface area contributed by atoms with Crippen molar-refractivity contribution in [3.8, 4) is 17.2 Å². The molecule has 40 heavy (non-hydrogen) atoms. The summed E-state index contributed by atoms with van der Waals surface area (Å²) in [4.78, 5) is 36.2. The SMILES string of the molecule is COc1cccc(/C=C(\C(=O)O)c2ccc(Oc3ccc(CCC(=O)NC(=O)NC4CCCCC4)cc3)cc2)c1. The van der Waals surface area contributed by atoms with Crippen LogP contribution in [-0.2, 0) is 16.0 Å². The molecular formula is C32H34N2O6. The first-order valence-electron chi connectivity index (χ1n) is 13.5. The fraction of sp³-hybridized carbons (Fsp3) is 0.281. The molecule has 0 unspecified atom stereocenters. The van der Waals surface area contributed by atoms with Gasteiger partial charge in [-0.15, -0.1) is 0 Å². The average molecular weight is 543 g/mol. The Balaban J connectivity index is 1.29. The molecule has 0 bridgehead atoms. The van der Waals surface area contributed by atoms with Gasteiger partial charge >= 0.3 is 12.0 Å². The molecular weight excluding hydrogens is 508 g/mol. The number of benzene rings is 3. The predicted molar refractivity (Wildman–Crippen MR) is 153 cm³/mol. The molecule has 3 aromatic carbocycles. The lowest BCUT2D eigenvalue weighted by atomic mass is 9.96. The van der Waals surface area contributed by atoms with Crippen molar-refractivity contribution < 1.29 is 29.0 Å². The van der Waals surface area contributed by atoms with E-state index in [4.69, 9.17) is 9.47 Å². The number of rotatable bonds is 10. The largest absolute Gasteiger partial charge is 0.497 e. The van der Waals surface area contributed by atoms with Gasteiger partial charge in [0.25, 0.3) is 0 Å². The maximum Gasteiger partial charge on any atom is 0.336 e. The van der Waals surface area contributed by atoms with Gasteiger partial charge in [-0.1, -0.05) is 55.7 Å². The summed E-state index contributed by atoms with van der Waals surface area (Å²) < 4.78 is 11.1. The second-order valence-electron chi connectivity index (χ2n) is 9.77. The van der Waals surface area contributed by atoms with E-state index in [9.17, 15) is 19.5 Å². The van der Waals surface area contributed by atoms with Crippen LogP contribution in [-0.4, -0.2) is 36.2 Å². The lowest BCUT2D eigenvalue weighted by Crippen LogP contribution is -2.45. The highest BCUT2D eigenvalue weighted by Crippen LogP contribution is 2.26. The van der Waals surface area contributed by atoms with E-state index in [0.717, 1.165) is 36.8 Å². The van der Waals surface area contributed by atoms with Gasteiger partial charge in [0.1, 0.15) is 17.2 Å². The molecule has 8 nitrogen and oxygen atoms in total. The summed E-state index contributed by atoms with van der Waals surface area (Å²) in [5.74, 6) is 0.471. The van der Waals surface area contributed by atoms with Crippen LogP contribution in [0.15, 0.2) is 72.8 Å². The zero-order chi connectivity index (χ0) is 28.3. The van der Waals surface area contributed by atoms with Crippen LogP contribution in [0.3, 0.4) is 0 Å². The minimum Gasteiger partial charge on any atom is -0.497 e. The van der Waals surface area contributed by atoms with Crippen molar-refractivity contribution in [1.82, 2.24) is 10.6 Å². The first-order chi connectivity index (χ1) is 19.4. The van der Waals surface area contributed by atoms with Crippen LogP contribution < -0.4 is 20.1 Å². The minimum atomic E-state index is -1.04. The van der Waals surface area contributed by atoms with Crippen molar-refractivity contribution in [2.24, 2.45) is 0 Å². The van der Waals surface area contributed by atoms with Gasteiger partial charge in [-0.3, -0.25) is 10.1 Å². The second kappa shape index (κ2) is 14.0. The maximum atomic E-state index is 12.2. The predicted octanol–water partition coefficient (Wildman–Crippen LogP) is 6.20. The molecule has 1 aliphatic rings. The quantitative estimate of drug-likeness (QED) is 0.208. The molecule has 3 amide bonds. The summed E-state index contributed by atoms with van der Waals surface area (Å²) in [7, 11) is 1.56. The van der Waals surface area contributed by atoms with E-state index in [-0.39, 0.29) is 23.9 Å². The number of carbonyl (C=O) groups is 3. The average Bonchev–Trinajstić information content (AvgIpc) is 2.96. The highest BCUT2D eigenvalue weighted by molar-refractivity contribution is 6.20. The Morgan fingerprint density at radius 3 is 2.23 bits per heavy atom. The summed E-state index contributed by atoms with van der Waals surface area (Å²) in [5, 5.41) is 15.1. The van der Waals surface area contributed by atoms with Gasteiger partial charge in [-0.05, 0) is 78.4 Å². The van der Waals surface area contributed by atoms with E-state index in [1.165, 1.54) is 6.42 Å². The van der Waals surface area contributed by atoms with Gasteiger partial charge in [-0.25, -0.2) is 9.59 Å². The van der Waals surface area contributed by atoms with Crippen LogP contribution in [0.2, 0.25) is 0 Å². The molecule has 1 fully saturated rings. The number of aryl methyl sites for hydroxylation is 1. The van der Waals surface area contributed by atoms with Gasteiger partial charge in [0.2, 0.25) is 5.91 Å². The standard InChI is InChI=1S/C32H34N2O6/c1-39-28-9-5-6-23(20-28)21-29(31(36)37)24-13-17-27(18-14-24)40-26-15-10-22(11-16-26)12-19-30(35)34-32(38)33-25-7-3-2-4-8-25/h5-6,9-11,13-18,20-21,25H,2-4,7-8,12,19H2,1H3,(H,36,37)(H2,33,34,35,38)/b29-21-. The molecule has 0 aliphatic heterocycles. The van der Waals surface area contributed by atoms with E-state index >= 15 is 0 Å². The molecule has 3 aromatic rings. The van der Waals surface area contributed by atoms with Gasteiger partial charge < -0.3 is 19.9 Å². The van der Waals surface area contributed by atoms with Gasteiger partial charge in [0.05, 0.1) is 12.7 Å². The fourth-order valence-electron chi connectivity index (χ4n) is 4.64. The first-order valence-corrected chi connectivity index (χ1v) is 13.5. The number of carboxylic acid groups (broad SMARTS) is 1. The normalized spacial score (nSPS) is 13.8. The molecule has 0 radical (unpaired) electrons. The molecule has 1 aliphatic carbocycles. The molecule has 8 heteroatoms. The number of amides is 3. The van der Waals surface area contributed by atoms with Crippen LogP contribution in [0.5, 0.6) is 17.2 Å². The van der Waals surface area contributed by atoms with Crippen molar-refractivity contribution >= 4 is 29.6 Å². The lowest BCUT2D eigenvalue weighted by molar-refractivity contribution is -0.130. The number of nitrogens with one attached hydrogen (secondary N) is 2. The fourth-order valence-corrected chi connectivity index (χ4v) is 4.64. The smallest absolute Gasteiger partial charge is 0.336 e. The Morgan fingerprint density at radius 2 is 1.57 bits per heavy atom. The molecule has 1 saturated carbocycles. The molecule has 0 aromatic heterocycles. The third-order valence-corrected chi connectivity index (χ3v) is 6.79. The number of urea groups is 1. The summed E-state index contributed by atoms with van der Waals surface area (Å²) in [6.07, 6.45) is 7.64. The zero-order valence-corrected chi connectivity index (χ0v) is 22.5. The van der Waals surface area contributed by atoms with Crippen molar-refractivity contribution in [3.05, 3.63) is 89.5 Å². The van der Waals surface area contributed by atoms with Crippen LogP contribution in [0.1, 0.15) is 55.2 Å². The number of hydrogen-bond donors (Lipinski definition) is 3. The summed E-state index contributed by atoms with van der Waals surface area (Å²) in [6, 6.07) is 21.1. The Labute approximate surface area is 234 Å². The number of methoxy groups -OCH3 is 1. The van der Waals surface area contributed by atoms with Crippen LogP contribution in [0, 0.1) is 0 Å². The van der Waals surface area contributed by atoms with Gasteiger partial charge in [0.15, 0.2) is 0 Å². The minimum absolute atomic E-state index is 0.152. The molecule has 4 rings (SSSR count). The maximum absolute atomic E-state index is 12.2. The van der Waals surface area contributed by atoms with E-state index in [2.05, 4.69) is 10.6 Å². The van der Waals surface area contributed by atoms with E-state index in [1.54, 1.807) is 55.7 Å². The molecule has 0 spiro atoms. The third-order valence-electron chi connectivity index (χ3n) is 6.79. The number of imide groups is 1. The Morgan fingerprint density at radius 1 is 0.900 bits per heavy atom. The number of carboxylic acids is 1. The van der Waals surface area contributed by atoms with E-state index in [0.29, 0.717) is 29.2 Å². The number of aliphatic carboxylic acids is 1. The van der Waals surface area contributed by atoms with E-state index < -0.39 is 12.0 Å². The Hall–Kier alpha value is -4.59. The Kier molecular flexibility index (Phi) is 9.93. The van der Waals surface area contributed by atoms with Gasteiger partial charge in [-0.2, -0.15) is 0 Å². The van der Waals surface area contributed by atoms with Crippen LogP contribution in [0.25, 0.3) is 11.6 Å². The molecule has 3 N–H and O–H groups in total. The zero-order valence-electron chi connectivity index (χ0n) is 22.5. The van der Waals surface area contributed by atoms with Gasteiger partial charge in [0, 0.05) is 12.5 Å². The summed E-state index contributed by atoms with van der Waals surface area (Å²) in [6.45, 7) is 0. The molecule has 0 saturated heterocycles. The molecule has 208 valence electrons. The lowest BCUT2D eigenvalue weighted by Gasteiger charge is -2.22. The summed E-state index contributed by atoms with van der Waals surface area (Å²) in [5.41, 5.74) is 2.36. The summed E-state index contributed by atoms with van der Waals surface area (Å²) >= 11 is 0. The van der Waals surface area contributed by atoms with Crippen molar-refractivity contribution in [2.45, 2.75) is 51.0 Å². The molecule has 0 atom stereocenters. The Bertz CT molecular complexity index is 1340. The first kappa shape index (κ1) is 28.4. The van der Waals surface area contributed by atoms with Crippen molar-refractivity contribution in [1.29, 1.82) is 0 Å². The van der Waals surface area contributed by atoms with Crippen LogP contribution >= 0.6 is 0 Å². The second-order valence-corrected chi connectivity index (χ2v) is 9.77. The topological polar surface area (TPSA) is 114 Å².